The lowest BCUT2D eigenvalue weighted by molar-refractivity contribution is -0.114. The molecular formula is C10H13NOS. The third-order valence-corrected chi connectivity index (χ3v) is 3.17. The second-order valence-corrected chi connectivity index (χ2v) is 4.16. The molecule has 1 fully saturated rings. The van der Waals surface area contributed by atoms with Crippen LogP contribution in [0.3, 0.4) is 0 Å². The van der Waals surface area contributed by atoms with Crippen molar-refractivity contribution in [3.63, 3.8) is 0 Å². The minimum Gasteiger partial charge on any atom is -0.313 e. The number of hydrogen-bond acceptors (Lipinski definition) is 2. The van der Waals surface area contributed by atoms with Crippen LogP contribution >= 0.6 is 12.2 Å². The number of rotatable bonds is 1. The van der Waals surface area contributed by atoms with Crippen LogP contribution in [-0.4, -0.2) is 10.9 Å². The van der Waals surface area contributed by atoms with Crippen molar-refractivity contribution in [3.05, 3.63) is 11.6 Å². The zero-order valence-corrected chi connectivity index (χ0v) is 8.32. The van der Waals surface area contributed by atoms with Crippen LogP contribution in [0.25, 0.3) is 0 Å². The van der Waals surface area contributed by atoms with E-state index in [1.54, 1.807) is 6.08 Å². The van der Waals surface area contributed by atoms with Gasteiger partial charge in [0.25, 0.3) is 0 Å². The molecule has 1 amide bonds. The molecule has 0 saturated heterocycles. The molecule has 0 aromatic rings. The molecule has 3 heteroatoms. The first kappa shape index (κ1) is 8.88. The number of carbonyl (C=O) groups is 1. The topological polar surface area (TPSA) is 29.1 Å². The van der Waals surface area contributed by atoms with Crippen molar-refractivity contribution < 1.29 is 4.79 Å². The van der Waals surface area contributed by atoms with Gasteiger partial charge in [-0.3, -0.25) is 4.79 Å². The third kappa shape index (κ3) is 1.80. The van der Waals surface area contributed by atoms with Gasteiger partial charge in [0.1, 0.15) is 4.99 Å². The summed E-state index contributed by atoms with van der Waals surface area (Å²) in [6, 6.07) is 0. The number of thiocarbonyl (C=S) groups is 1. The van der Waals surface area contributed by atoms with E-state index in [4.69, 9.17) is 12.2 Å². The standard InChI is InChI=1S/C10H13NOS/c12-9-6-8(10(13)11-9)7-4-2-1-3-5-7/h6-7H,1-5H2,(H,11,12,13). The monoisotopic (exact) mass is 195 g/mol. The van der Waals surface area contributed by atoms with Gasteiger partial charge in [-0.05, 0) is 24.3 Å². The molecule has 2 rings (SSSR count). The van der Waals surface area contributed by atoms with Crippen LogP contribution in [0.2, 0.25) is 0 Å². The van der Waals surface area contributed by atoms with Gasteiger partial charge in [0.05, 0.1) is 0 Å². The molecule has 1 aliphatic heterocycles. The van der Waals surface area contributed by atoms with Crippen molar-refractivity contribution in [2.24, 2.45) is 5.92 Å². The SMILES string of the molecule is O=C1C=C(C2CCCCC2)C(=S)N1. The zero-order chi connectivity index (χ0) is 9.26. The summed E-state index contributed by atoms with van der Waals surface area (Å²) in [5.41, 5.74) is 1.08. The van der Waals surface area contributed by atoms with Crippen molar-refractivity contribution >= 4 is 23.1 Å². The van der Waals surface area contributed by atoms with E-state index in [0.717, 1.165) is 5.57 Å². The Balaban J connectivity index is 2.10. The van der Waals surface area contributed by atoms with Crippen LogP contribution in [0.4, 0.5) is 0 Å². The second kappa shape index (κ2) is 3.58. The Bertz CT molecular complexity index is 277. The van der Waals surface area contributed by atoms with E-state index >= 15 is 0 Å². The second-order valence-electron chi connectivity index (χ2n) is 3.75. The van der Waals surface area contributed by atoms with E-state index in [0.29, 0.717) is 10.9 Å². The maximum Gasteiger partial charge on any atom is 0.249 e. The molecule has 2 nitrogen and oxygen atoms in total. The van der Waals surface area contributed by atoms with Crippen LogP contribution in [0.5, 0.6) is 0 Å². The molecule has 1 heterocycles. The summed E-state index contributed by atoms with van der Waals surface area (Å²) >= 11 is 5.10. The first-order valence-electron chi connectivity index (χ1n) is 4.84. The molecule has 0 spiro atoms. The fourth-order valence-electron chi connectivity index (χ4n) is 2.14. The molecule has 2 aliphatic rings. The van der Waals surface area contributed by atoms with Crippen molar-refractivity contribution in [1.82, 2.24) is 5.32 Å². The molecule has 1 N–H and O–H groups in total. The smallest absolute Gasteiger partial charge is 0.249 e. The summed E-state index contributed by atoms with van der Waals surface area (Å²) in [5.74, 6) is 0.505. The van der Waals surface area contributed by atoms with Gasteiger partial charge in [-0.2, -0.15) is 0 Å². The van der Waals surface area contributed by atoms with Crippen LogP contribution in [-0.2, 0) is 4.79 Å². The van der Waals surface area contributed by atoms with Gasteiger partial charge < -0.3 is 5.32 Å². The van der Waals surface area contributed by atoms with Gasteiger partial charge in [0, 0.05) is 6.08 Å². The lowest BCUT2D eigenvalue weighted by Gasteiger charge is -2.22. The van der Waals surface area contributed by atoms with Gasteiger partial charge in [-0.25, -0.2) is 0 Å². The molecule has 1 saturated carbocycles. The minimum atomic E-state index is -0.0365. The van der Waals surface area contributed by atoms with Gasteiger partial charge in [-0.1, -0.05) is 31.5 Å². The highest BCUT2D eigenvalue weighted by molar-refractivity contribution is 7.80. The largest absolute Gasteiger partial charge is 0.313 e. The Morgan fingerprint density at radius 2 is 2.00 bits per heavy atom. The lowest BCUT2D eigenvalue weighted by atomic mass is 9.84. The predicted molar refractivity (Wildman–Crippen MR) is 55.4 cm³/mol. The summed E-state index contributed by atoms with van der Waals surface area (Å²) in [4.78, 5) is 11.7. The third-order valence-electron chi connectivity index (χ3n) is 2.83. The first-order chi connectivity index (χ1) is 6.27. The highest BCUT2D eigenvalue weighted by atomic mass is 32.1. The van der Waals surface area contributed by atoms with Crippen LogP contribution in [0, 0.1) is 5.92 Å². The fourth-order valence-corrected chi connectivity index (χ4v) is 2.47. The fraction of sp³-hybridized carbons (Fsp3) is 0.600. The molecular weight excluding hydrogens is 182 g/mol. The highest BCUT2D eigenvalue weighted by Gasteiger charge is 2.25. The Morgan fingerprint density at radius 3 is 2.54 bits per heavy atom. The van der Waals surface area contributed by atoms with E-state index in [9.17, 15) is 4.79 Å². The molecule has 0 unspecified atom stereocenters. The van der Waals surface area contributed by atoms with Crippen molar-refractivity contribution in [3.8, 4) is 0 Å². The summed E-state index contributed by atoms with van der Waals surface area (Å²) < 4.78 is 0. The summed E-state index contributed by atoms with van der Waals surface area (Å²) in [6.07, 6.45) is 7.95. The molecule has 1 aliphatic carbocycles. The quantitative estimate of drug-likeness (QED) is 0.648. The first-order valence-corrected chi connectivity index (χ1v) is 5.25. The molecule has 0 aromatic carbocycles. The zero-order valence-electron chi connectivity index (χ0n) is 7.51. The summed E-state index contributed by atoms with van der Waals surface area (Å²) in [7, 11) is 0. The lowest BCUT2D eigenvalue weighted by Crippen LogP contribution is -2.23. The predicted octanol–water partition coefficient (Wildman–Crippen LogP) is 1.95. The van der Waals surface area contributed by atoms with E-state index < -0.39 is 0 Å². The van der Waals surface area contributed by atoms with Crippen molar-refractivity contribution in [2.45, 2.75) is 32.1 Å². The van der Waals surface area contributed by atoms with E-state index in [1.807, 2.05) is 0 Å². The number of carbonyl (C=O) groups excluding carboxylic acids is 1. The van der Waals surface area contributed by atoms with Crippen LogP contribution in [0.1, 0.15) is 32.1 Å². The average Bonchev–Trinajstić information content (AvgIpc) is 2.47. The van der Waals surface area contributed by atoms with Gasteiger partial charge in [-0.15, -0.1) is 0 Å². The molecule has 70 valence electrons. The van der Waals surface area contributed by atoms with E-state index in [1.165, 1.54) is 32.1 Å². The Kier molecular flexibility index (Phi) is 2.44. The maximum absolute atomic E-state index is 11.0. The van der Waals surface area contributed by atoms with Crippen molar-refractivity contribution in [1.29, 1.82) is 0 Å². The Labute approximate surface area is 83.4 Å². The Morgan fingerprint density at radius 1 is 1.31 bits per heavy atom. The van der Waals surface area contributed by atoms with Crippen molar-refractivity contribution in [2.75, 3.05) is 0 Å². The van der Waals surface area contributed by atoms with E-state index in [2.05, 4.69) is 5.32 Å². The van der Waals surface area contributed by atoms with Gasteiger partial charge in [0.15, 0.2) is 0 Å². The molecule has 0 bridgehead atoms. The molecule has 13 heavy (non-hydrogen) atoms. The van der Waals surface area contributed by atoms with Crippen LogP contribution < -0.4 is 5.32 Å². The minimum absolute atomic E-state index is 0.0365. The molecule has 0 atom stereocenters. The van der Waals surface area contributed by atoms with E-state index in [-0.39, 0.29) is 5.91 Å². The number of amides is 1. The number of hydrogen-bond donors (Lipinski definition) is 1. The highest BCUT2D eigenvalue weighted by Crippen LogP contribution is 2.31. The summed E-state index contributed by atoms with van der Waals surface area (Å²) in [5, 5.41) is 2.66. The van der Waals surface area contributed by atoms with Crippen LogP contribution in [0.15, 0.2) is 11.6 Å². The normalized spacial score (nSPS) is 24.5. The molecule has 0 aromatic heterocycles. The number of nitrogens with one attached hydrogen (secondary N) is 1. The average molecular weight is 195 g/mol. The summed E-state index contributed by atoms with van der Waals surface area (Å²) in [6.45, 7) is 0. The van der Waals surface area contributed by atoms with Gasteiger partial charge >= 0.3 is 0 Å². The Hall–Kier alpha value is -0.700. The maximum atomic E-state index is 11.0. The molecule has 0 radical (unpaired) electrons. The van der Waals surface area contributed by atoms with Gasteiger partial charge in [0.2, 0.25) is 5.91 Å².